The molecule has 0 atom stereocenters. The van der Waals surface area contributed by atoms with Crippen molar-refractivity contribution < 1.29 is 14.3 Å². The lowest BCUT2D eigenvalue weighted by atomic mass is 9.94. The fourth-order valence-corrected chi connectivity index (χ4v) is 3.89. The maximum atomic E-state index is 12.6. The molecule has 0 aromatic carbocycles. The van der Waals surface area contributed by atoms with Gasteiger partial charge in [0.1, 0.15) is 0 Å². The quantitative estimate of drug-likeness (QED) is 0.448. The summed E-state index contributed by atoms with van der Waals surface area (Å²) in [5.74, 6) is -0.186. The summed E-state index contributed by atoms with van der Waals surface area (Å²) >= 11 is 1.19. The Hall–Kier alpha value is -1.83. The minimum absolute atomic E-state index is 0.0559. The molecule has 0 spiro atoms. The van der Waals surface area contributed by atoms with Crippen LogP contribution in [0, 0.1) is 0 Å². The van der Waals surface area contributed by atoms with E-state index in [-0.39, 0.29) is 23.6 Å². The first-order valence-corrected chi connectivity index (χ1v) is 9.61. The Morgan fingerprint density at radius 2 is 2.08 bits per heavy atom. The summed E-state index contributed by atoms with van der Waals surface area (Å²) < 4.78 is 4.59. The lowest BCUT2D eigenvalue weighted by Gasteiger charge is -2.33. The highest BCUT2D eigenvalue weighted by Crippen LogP contribution is 2.23. The van der Waals surface area contributed by atoms with Crippen LogP contribution in [0.1, 0.15) is 44.7 Å². The van der Waals surface area contributed by atoms with E-state index in [9.17, 15) is 14.4 Å². The van der Waals surface area contributed by atoms with E-state index in [0.29, 0.717) is 23.4 Å². The van der Waals surface area contributed by atoms with Crippen LogP contribution in [0.2, 0.25) is 0 Å². The van der Waals surface area contributed by atoms with Crippen molar-refractivity contribution in [2.45, 2.75) is 56.6 Å². The van der Waals surface area contributed by atoms with Crippen LogP contribution in [0.3, 0.4) is 0 Å². The number of thioether (sulfide) groups is 1. The topological polar surface area (TPSA) is 92.4 Å². The average molecular weight is 367 g/mol. The number of H-pyrrole nitrogens is 1. The summed E-state index contributed by atoms with van der Waals surface area (Å²) in [5.41, 5.74) is -0.00587. The van der Waals surface area contributed by atoms with Gasteiger partial charge in [-0.3, -0.25) is 14.4 Å². The van der Waals surface area contributed by atoms with E-state index in [1.807, 2.05) is 11.8 Å². The van der Waals surface area contributed by atoms with Crippen LogP contribution in [0.5, 0.6) is 0 Å². The van der Waals surface area contributed by atoms with Crippen molar-refractivity contribution >= 4 is 23.6 Å². The van der Waals surface area contributed by atoms with E-state index >= 15 is 0 Å². The predicted molar refractivity (Wildman–Crippen MR) is 95.6 cm³/mol. The second-order valence-electron chi connectivity index (χ2n) is 6.06. The molecule has 1 saturated carbocycles. The van der Waals surface area contributed by atoms with Crippen LogP contribution < -0.4 is 5.56 Å². The Kier molecular flexibility index (Phi) is 7.49. The third kappa shape index (κ3) is 5.88. The highest BCUT2D eigenvalue weighted by atomic mass is 32.2. The molecule has 8 heteroatoms. The zero-order valence-corrected chi connectivity index (χ0v) is 15.6. The van der Waals surface area contributed by atoms with Gasteiger partial charge in [-0.15, -0.1) is 0 Å². The van der Waals surface area contributed by atoms with Crippen molar-refractivity contribution in [3.63, 3.8) is 0 Å². The van der Waals surface area contributed by atoms with Crippen molar-refractivity contribution in [1.82, 2.24) is 14.9 Å². The minimum atomic E-state index is -0.459. The van der Waals surface area contributed by atoms with E-state index in [4.69, 9.17) is 0 Å². The van der Waals surface area contributed by atoms with Crippen molar-refractivity contribution in [3.05, 3.63) is 22.1 Å². The number of aromatic nitrogens is 2. The van der Waals surface area contributed by atoms with Gasteiger partial charge in [0.2, 0.25) is 5.91 Å². The molecule has 1 aliphatic rings. The number of aromatic amines is 1. The fraction of sp³-hybridized carbons (Fsp3) is 0.647. The molecule has 7 nitrogen and oxygen atoms in total. The van der Waals surface area contributed by atoms with Crippen molar-refractivity contribution in [3.8, 4) is 0 Å². The molecule has 1 aromatic rings. The lowest BCUT2D eigenvalue weighted by molar-refractivity contribution is -0.139. The summed E-state index contributed by atoms with van der Waals surface area (Å²) in [6, 6.07) is 1.59. The molecule has 138 valence electrons. The second-order valence-corrected chi connectivity index (χ2v) is 7.02. The third-order valence-corrected chi connectivity index (χ3v) is 5.19. The zero-order chi connectivity index (χ0) is 18.2. The molecular weight excluding hydrogens is 342 g/mol. The van der Waals surface area contributed by atoms with Crippen LogP contribution in [0.4, 0.5) is 0 Å². The number of esters is 1. The van der Waals surface area contributed by atoms with Crippen LogP contribution in [0.25, 0.3) is 0 Å². The molecule has 0 radical (unpaired) electrons. The predicted octanol–water partition coefficient (Wildman–Crippen LogP) is 1.76. The number of carbonyl (C=O) groups excluding carboxylic acids is 2. The summed E-state index contributed by atoms with van der Waals surface area (Å²) in [4.78, 5) is 44.4. The van der Waals surface area contributed by atoms with Crippen molar-refractivity contribution in [2.24, 2.45) is 0 Å². The summed E-state index contributed by atoms with van der Waals surface area (Å²) in [6.45, 7) is 2.69. The number of methoxy groups -OCH3 is 1. The molecule has 0 bridgehead atoms. The smallest absolute Gasteiger partial charge is 0.311 e. The van der Waals surface area contributed by atoms with Crippen molar-refractivity contribution in [2.75, 3.05) is 19.4 Å². The van der Waals surface area contributed by atoms with Gasteiger partial charge in [-0.1, -0.05) is 31.0 Å². The summed E-state index contributed by atoms with van der Waals surface area (Å²) in [7, 11) is 1.29. The van der Waals surface area contributed by atoms with Crippen LogP contribution in [-0.4, -0.2) is 52.2 Å². The molecule has 2 rings (SSSR count). The van der Waals surface area contributed by atoms with Gasteiger partial charge in [0.25, 0.3) is 5.56 Å². The first-order chi connectivity index (χ1) is 12.0. The molecule has 1 heterocycles. The maximum absolute atomic E-state index is 12.6. The van der Waals surface area contributed by atoms with Gasteiger partial charge in [0, 0.05) is 18.7 Å². The van der Waals surface area contributed by atoms with Crippen molar-refractivity contribution in [1.29, 1.82) is 0 Å². The van der Waals surface area contributed by atoms with Gasteiger partial charge in [-0.05, 0) is 19.8 Å². The third-order valence-electron chi connectivity index (χ3n) is 4.33. The van der Waals surface area contributed by atoms with Crippen LogP contribution in [-0.2, 0) is 20.7 Å². The first-order valence-electron chi connectivity index (χ1n) is 8.62. The SMILES string of the molecule is CCN(C(=O)CSc1nc(CC(=O)OC)cc(=O)[nH]1)C1CCCCC1. The number of nitrogens with zero attached hydrogens (tertiary/aromatic N) is 2. The fourth-order valence-electron chi connectivity index (χ4n) is 3.11. The highest BCUT2D eigenvalue weighted by Gasteiger charge is 2.24. The van der Waals surface area contributed by atoms with Crippen LogP contribution in [0.15, 0.2) is 16.0 Å². The van der Waals surface area contributed by atoms with E-state index in [1.54, 1.807) is 0 Å². The first kappa shape index (κ1) is 19.5. The van der Waals surface area contributed by atoms with Gasteiger partial charge in [0.05, 0.1) is 25.0 Å². The molecule has 1 aromatic heterocycles. The average Bonchev–Trinajstić information content (AvgIpc) is 2.61. The Morgan fingerprint density at radius 3 is 2.72 bits per heavy atom. The van der Waals surface area contributed by atoms with Gasteiger partial charge >= 0.3 is 5.97 Å². The number of ether oxygens (including phenoxy) is 1. The van der Waals surface area contributed by atoms with E-state index in [0.717, 1.165) is 12.8 Å². The number of nitrogens with one attached hydrogen (secondary N) is 1. The van der Waals surface area contributed by atoms with E-state index in [2.05, 4.69) is 14.7 Å². The van der Waals surface area contributed by atoms with E-state index in [1.165, 1.54) is 44.2 Å². The monoisotopic (exact) mass is 367 g/mol. The summed E-state index contributed by atoms with van der Waals surface area (Å²) in [5, 5.41) is 0.347. The van der Waals surface area contributed by atoms with Gasteiger partial charge in [0.15, 0.2) is 5.16 Å². The summed E-state index contributed by atoms with van der Waals surface area (Å²) in [6.07, 6.45) is 5.65. The van der Waals surface area contributed by atoms with Gasteiger partial charge in [-0.2, -0.15) is 0 Å². The number of amides is 1. The molecule has 1 aliphatic carbocycles. The Labute approximate surface area is 151 Å². The van der Waals surface area contributed by atoms with E-state index < -0.39 is 5.97 Å². The number of hydrogen-bond donors (Lipinski definition) is 1. The highest BCUT2D eigenvalue weighted by molar-refractivity contribution is 7.99. The molecule has 1 fully saturated rings. The number of carbonyl (C=O) groups is 2. The molecule has 25 heavy (non-hydrogen) atoms. The number of rotatable bonds is 7. The normalized spacial score (nSPS) is 15.0. The lowest BCUT2D eigenvalue weighted by Crippen LogP contribution is -2.42. The Balaban J connectivity index is 1.98. The van der Waals surface area contributed by atoms with Gasteiger partial charge in [-0.25, -0.2) is 4.98 Å². The molecular formula is C17H25N3O4S. The maximum Gasteiger partial charge on any atom is 0.311 e. The minimum Gasteiger partial charge on any atom is -0.469 e. The molecule has 0 saturated heterocycles. The van der Waals surface area contributed by atoms with Gasteiger partial charge < -0.3 is 14.6 Å². The number of hydrogen-bond acceptors (Lipinski definition) is 6. The Morgan fingerprint density at radius 1 is 1.36 bits per heavy atom. The Bertz CT molecular complexity index is 656. The van der Waals surface area contributed by atoms with Crippen LogP contribution >= 0.6 is 11.8 Å². The molecule has 1 N–H and O–H groups in total. The molecule has 0 unspecified atom stereocenters. The second kappa shape index (κ2) is 9.60. The molecule has 1 amide bonds. The standard InChI is InChI=1S/C17H25N3O4S/c1-3-20(13-7-5-4-6-8-13)15(22)11-25-17-18-12(9-14(21)19-17)10-16(23)24-2/h9,13H,3-8,10-11H2,1-2H3,(H,18,19,21). The largest absolute Gasteiger partial charge is 0.469 e. The zero-order valence-electron chi connectivity index (χ0n) is 14.7. The molecule has 0 aliphatic heterocycles.